The summed E-state index contributed by atoms with van der Waals surface area (Å²) in [5.41, 5.74) is 9.09. The molecule has 4 aliphatic carbocycles. The molecular formula is C60H80N6O11. The number of aryl methyl sites for hydroxylation is 2. The number of aliphatic hydroxyl groups excluding tert-OH is 1. The second-order valence-electron chi connectivity index (χ2n) is 23.7. The van der Waals surface area contributed by atoms with Crippen molar-refractivity contribution < 1.29 is 53.3 Å². The predicted molar refractivity (Wildman–Crippen MR) is 290 cm³/mol. The average Bonchev–Trinajstić information content (AvgIpc) is 3.49. The van der Waals surface area contributed by atoms with Gasteiger partial charge in [0.25, 0.3) is 0 Å². The molecule has 0 aromatic heterocycles. The van der Waals surface area contributed by atoms with Gasteiger partial charge < -0.3 is 42.0 Å². The Kier molecular flexibility index (Phi) is 18.1. The van der Waals surface area contributed by atoms with Crippen LogP contribution in [-0.4, -0.2) is 82.8 Å². The quantitative estimate of drug-likeness (QED) is 0.0411. The molecule has 7 amide bonds. The predicted octanol–water partition coefficient (Wildman–Crippen LogP) is 7.28. The van der Waals surface area contributed by atoms with Crippen molar-refractivity contribution in [3.8, 4) is 5.75 Å². The van der Waals surface area contributed by atoms with Crippen LogP contribution in [0.1, 0.15) is 152 Å². The molecule has 0 heterocycles. The van der Waals surface area contributed by atoms with E-state index in [0.29, 0.717) is 36.1 Å². The molecule has 0 unspecified atom stereocenters. The number of aliphatic hydroxyl groups is 1. The monoisotopic (exact) mass is 1060 g/mol. The van der Waals surface area contributed by atoms with Gasteiger partial charge in [0.15, 0.2) is 11.6 Å². The Balaban J connectivity index is 0.939. The van der Waals surface area contributed by atoms with E-state index >= 15 is 0 Å². The van der Waals surface area contributed by atoms with E-state index in [1.54, 1.807) is 44.2 Å². The van der Waals surface area contributed by atoms with Gasteiger partial charge in [0, 0.05) is 37.9 Å². The van der Waals surface area contributed by atoms with E-state index in [0.717, 1.165) is 68.1 Å². The van der Waals surface area contributed by atoms with Crippen LogP contribution in [0.2, 0.25) is 0 Å². The smallest absolute Gasteiger partial charge is 0.408 e. The molecule has 77 heavy (non-hydrogen) atoms. The number of phenols is 1. The van der Waals surface area contributed by atoms with Gasteiger partial charge in [-0.3, -0.25) is 34.1 Å². The molecule has 17 heteroatoms. The second kappa shape index (κ2) is 24.0. The van der Waals surface area contributed by atoms with Gasteiger partial charge in [0.2, 0.25) is 23.6 Å². The fourth-order valence-electron chi connectivity index (χ4n) is 13.9. The van der Waals surface area contributed by atoms with Crippen molar-refractivity contribution in [3.05, 3.63) is 94.0 Å². The van der Waals surface area contributed by atoms with E-state index in [-0.39, 0.29) is 84.8 Å². The maximum atomic E-state index is 14.7. The Morgan fingerprint density at radius 1 is 0.740 bits per heavy atom. The summed E-state index contributed by atoms with van der Waals surface area (Å²) in [5, 5.41) is 34.2. The number of ether oxygens (including phenoxy) is 1. The fourth-order valence-corrected chi connectivity index (χ4v) is 13.9. The molecule has 4 aliphatic rings. The number of Topliss-reactive ketones (excluding diaryl/α,β-unsaturated/α-hetero) is 2. The molecule has 2 fully saturated rings. The zero-order valence-electron chi connectivity index (χ0n) is 45.9. The second-order valence-corrected chi connectivity index (χ2v) is 23.7. The number of amides is 7. The standard InChI is InChI=1S/C60H80N6O11/c1-35(2)51(63-36(3)68)48(71)31-41(11-8-28-62-55(61)75)52(72)64-42-19-13-37(14-20-42)34-77-56(76)65-46(33-67)47(70)30-38-12-15-39-17-22-49-57(4,44(39)29-38)24-9-26-59(49,6)53(73)66-54(74)60(7)27-10-25-58(5)45-32-43(69)21-16-40(45)18-23-50(58)60/h12-16,19-21,29,32,35,41,46,49-51,67,69H,8-11,17-18,22-28,30-31,33-34H2,1-7H3,(H,63,68)(H,64,72)(H,65,76)(H3,61,62,75)(H,66,73,74)/t41-,46+,49-,50-,51+,57-,58-,59+,60+/m1/s1. The average molecular weight is 1060 g/mol. The largest absolute Gasteiger partial charge is 0.508 e. The molecule has 0 saturated heterocycles. The summed E-state index contributed by atoms with van der Waals surface area (Å²) in [7, 11) is 0. The fraction of sp³-hybridized carbons (Fsp3) is 0.567. The van der Waals surface area contributed by atoms with Gasteiger partial charge in [-0.1, -0.05) is 90.8 Å². The number of nitrogens with two attached hydrogens (primary N) is 1. The van der Waals surface area contributed by atoms with Crippen LogP contribution >= 0.6 is 0 Å². The highest BCUT2D eigenvalue weighted by atomic mass is 16.5. The number of carbonyl (C=O) groups excluding carboxylic acids is 8. The Morgan fingerprint density at radius 3 is 1.87 bits per heavy atom. The van der Waals surface area contributed by atoms with Crippen LogP contribution in [0.25, 0.3) is 0 Å². The van der Waals surface area contributed by atoms with Gasteiger partial charge in [-0.05, 0) is 150 Å². The number of benzene rings is 3. The maximum absolute atomic E-state index is 14.7. The summed E-state index contributed by atoms with van der Waals surface area (Å²) in [6.07, 6.45) is 7.31. The van der Waals surface area contributed by atoms with E-state index in [1.165, 1.54) is 12.5 Å². The number of urea groups is 1. The SMILES string of the molecule is CC(=O)N[C@H](C(=O)C[C@@H](CCCNC(N)=O)C(=O)Nc1ccc(COC(=O)N[C@@H](CO)C(=O)Cc2ccc3c(c2)[C@@]2(C)CCC[C@](C)(C(=O)NC(=O)[C@@]4(C)CCC[C@]5(C)c6cc(O)ccc6CC[C@@H]45)[C@@H]2CC3)cc1)C(C)C. The number of imide groups is 1. The van der Waals surface area contributed by atoms with Crippen molar-refractivity contribution in [3.63, 3.8) is 0 Å². The molecule has 7 rings (SSSR count). The van der Waals surface area contributed by atoms with Crippen LogP contribution in [-0.2, 0) is 70.2 Å². The third-order valence-electron chi connectivity index (χ3n) is 18.1. The van der Waals surface area contributed by atoms with Gasteiger partial charge >= 0.3 is 12.1 Å². The number of ketones is 2. The first-order chi connectivity index (χ1) is 36.4. The van der Waals surface area contributed by atoms with Crippen LogP contribution in [0.5, 0.6) is 5.75 Å². The number of nitrogens with one attached hydrogen (secondary N) is 5. The van der Waals surface area contributed by atoms with E-state index < -0.39 is 64.7 Å². The minimum absolute atomic E-state index is 0.00490. The van der Waals surface area contributed by atoms with Crippen LogP contribution < -0.4 is 32.3 Å². The molecule has 17 nitrogen and oxygen atoms in total. The Hall–Kier alpha value is -6.62. The highest BCUT2D eigenvalue weighted by Gasteiger charge is 2.58. The van der Waals surface area contributed by atoms with Crippen molar-refractivity contribution in [2.45, 2.75) is 168 Å². The normalized spacial score (nSPS) is 25.4. The number of anilines is 1. The molecule has 416 valence electrons. The van der Waals surface area contributed by atoms with E-state index in [4.69, 9.17) is 10.5 Å². The molecule has 0 radical (unpaired) electrons. The van der Waals surface area contributed by atoms with Crippen LogP contribution in [0.4, 0.5) is 15.3 Å². The lowest BCUT2D eigenvalue weighted by atomic mass is 9.49. The molecule has 3 aromatic carbocycles. The van der Waals surface area contributed by atoms with Gasteiger partial charge in [-0.2, -0.15) is 0 Å². The number of hydrogen-bond acceptors (Lipinski definition) is 11. The molecule has 0 bridgehead atoms. The number of fused-ring (bicyclic) bond motifs is 6. The van der Waals surface area contributed by atoms with Gasteiger partial charge in [-0.15, -0.1) is 0 Å². The third kappa shape index (κ3) is 12.7. The summed E-state index contributed by atoms with van der Waals surface area (Å²) in [6, 6.07) is 15.3. The number of carbonyl (C=O) groups is 8. The lowest BCUT2D eigenvalue weighted by molar-refractivity contribution is -0.150. The summed E-state index contributed by atoms with van der Waals surface area (Å²) in [6.45, 7) is 12.7. The number of phenolic OH excluding ortho intramolecular Hbond substituents is 1. The van der Waals surface area contributed by atoms with E-state index in [2.05, 4.69) is 40.4 Å². The molecule has 9 atom stereocenters. The van der Waals surface area contributed by atoms with Crippen molar-refractivity contribution in [2.75, 3.05) is 18.5 Å². The maximum Gasteiger partial charge on any atom is 0.408 e. The Labute approximate surface area is 452 Å². The highest BCUT2D eigenvalue weighted by Crippen LogP contribution is 2.60. The zero-order valence-corrected chi connectivity index (χ0v) is 45.9. The summed E-state index contributed by atoms with van der Waals surface area (Å²) in [4.78, 5) is 106. The van der Waals surface area contributed by atoms with Crippen molar-refractivity contribution in [1.29, 1.82) is 0 Å². The first-order valence-electron chi connectivity index (χ1n) is 27.5. The lowest BCUT2D eigenvalue weighted by Crippen LogP contribution is -2.60. The van der Waals surface area contributed by atoms with E-state index in [9.17, 15) is 48.6 Å². The summed E-state index contributed by atoms with van der Waals surface area (Å²) < 4.78 is 5.43. The number of hydrogen-bond donors (Lipinski definition) is 8. The third-order valence-corrected chi connectivity index (χ3v) is 18.1. The molecule has 2 saturated carbocycles. The van der Waals surface area contributed by atoms with Crippen molar-refractivity contribution in [1.82, 2.24) is 21.3 Å². The first-order valence-corrected chi connectivity index (χ1v) is 27.5. The molecule has 0 spiro atoms. The Bertz CT molecular complexity index is 2740. The number of alkyl carbamates (subject to hydrolysis) is 1. The van der Waals surface area contributed by atoms with Crippen LogP contribution in [0, 0.1) is 34.5 Å². The van der Waals surface area contributed by atoms with E-state index in [1.807, 2.05) is 44.2 Å². The number of primary amides is 1. The van der Waals surface area contributed by atoms with Gasteiger partial charge in [0.1, 0.15) is 18.4 Å². The number of rotatable bonds is 20. The van der Waals surface area contributed by atoms with Gasteiger partial charge in [-0.25, -0.2) is 9.59 Å². The summed E-state index contributed by atoms with van der Waals surface area (Å²) >= 11 is 0. The van der Waals surface area contributed by atoms with Gasteiger partial charge in [0.05, 0.1) is 23.5 Å². The molecule has 0 aliphatic heterocycles. The summed E-state index contributed by atoms with van der Waals surface area (Å²) in [5.74, 6) is -2.80. The minimum Gasteiger partial charge on any atom is -0.508 e. The van der Waals surface area contributed by atoms with Crippen LogP contribution in [0.3, 0.4) is 0 Å². The molecule has 9 N–H and O–H groups in total. The van der Waals surface area contributed by atoms with Crippen molar-refractivity contribution in [2.24, 2.45) is 40.2 Å². The highest BCUT2D eigenvalue weighted by molar-refractivity contribution is 6.01. The van der Waals surface area contributed by atoms with Crippen LogP contribution in [0.15, 0.2) is 60.7 Å². The Morgan fingerprint density at radius 2 is 1.31 bits per heavy atom. The van der Waals surface area contributed by atoms with Crippen molar-refractivity contribution >= 4 is 53.0 Å². The first kappa shape index (κ1) is 58.1. The molecular weight excluding hydrogens is 981 g/mol. The molecule has 3 aromatic rings. The topological polar surface area (TPSA) is 272 Å². The lowest BCUT2D eigenvalue weighted by Gasteiger charge is -2.56. The minimum atomic E-state index is -1.25. The number of aromatic hydroxyl groups is 1. The zero-order chi connectivity index (χ0) is 56.0.